The van der Waals surface area contributed by atoms with E-state index in [4.69, 9.17) is 0 Å². The van der Waals surface area contributed by atoms with Crippen molar-refractivity contribution in [1.82, 2.24) is 0 Å². The summed E-state index contributed by atoms with van der Waals surface area (Å²) >= 11 is 0. The topological polar surface area (TPSA) is 72.4 Å². The summed E-state index contributed by atoms with van der Waals surface area (Å²) in [5.74, 6) is 0. The molecule has 0 unspecified atom stereocenters. The fraction of sp³-hybridized carbons (Fsp3) is 1.00. The van der Waals surface area contributed by atoms with E-state index in [-0.39, 0.29) is 24.0 Å². The van der Waals surface area contributed by atoms with Crippen molar-refractivity contribution in [3.63, 3.8) is 0 Å². The minimum atomic E-state index is -4.76. The second-order valence-corrected chi connectivity index (χ2v) is 7.74. The SMILES string of the molecule is CCCCCCCCCCCCCCCCCCOP(=O)([O-])[O-].[Al+3]. The fourth-order valence-electron chi connectivity index (χ4n) is 2.83. The molecule has 0 fully saturated rings. The number of unbranched alkanes of at least 4 members (excludes halogenated alkanes) is 15. The van der Waals surface area contributed by atoms with E-state index in [0.29, 0.717) is 6.42 Å². The van der Waals surface area contributed by atoms with E-state index >= 15 is 0 Å². The van der Waals surface area contributed by atoms with Crippen molar-refractivity contribution in [2.45, 2.75) is 110 Å². The number of hydrogen-bond donors (Lipinski definition) is 0. The summed E-state index contributed by atoms with van der Waals surface area (Å²) in [7, 11) is -4.76. The number of phosphoric ester groups is 1. The van der Waals surface area contributed by atoms with Crippen LogP contribution < -0.4 is 9.79 Å². The van der Waals surface area contributed by atoms with Crippen molar-refractivity contribution in [2.24, 2.45) is 0 Å². The van der Waals surface area contributed by atoms with Crippen molar-refractivity contribution < 1.29 is 18.9 Å². The number of rotatable bonds is 18. The quantitative estimate of drug-likeness (QED) is 0.197. The second kappa shape index (κ2) is 20.0. The van der Waals surface area contributed by atoms with Crippen molar-refractivity contribution in [3.8, 4) is 0 Å². The van der Waals surface area contributed by atoms with Crippen LogP contribution in [0.1, 0.15) is 110 Å². The Morgan fingerprint density at radius 2 is 0.917 bits per heavy atom. The van der Waals surface area contributed by atoms with Gasteiger partial charge in [0.15, 0.2) is 0 Å². The van der Waals surface area contributed by atoms with E-state index in [9.17, 15) is 14.4 Å². The Hall–Kier alpha value is 0.642. The summed E-state index contributed by atoms with van der Waals surface area (Å²) in [6.07, 6.45) is 20.3. The van der Waals surface area contributed by atoms with Gasteiger partial charge in [-0.3, -0.25) is 0 Å². The molecule has 0 radical (unpaired) electrons. The molecule has 0 aliphatic carbocycles. The minimum absolute atomic E-state index is 0. The van der Waals surface area contributed by atoms with Gasteiger partial charge in [0.05, 0.1) is 14.4 Å². The molecule has 0 spiro atoms. The van der Waals surface area contributed by atoms with Gasteiger partial charge in [0.2, 0.25) is 0 Å². The summed E-state index contributed by atoms with van der Waals surface area (Å²) in [5, 5.41) is 0. The van der Waals surface area contributed by atoms with Gasteiger partial charge in [-0.05, 0) is 6.42 Å². The van der Waals surface area contributed by atoms with Gasteiger partial charge in [-0.1, -0.05) is 103 Å². The molecule has 0 aliphatic rings. The van der Waals surface area contributed by atoms with Crippen molar-refractivity contribution in [2.75, 3.05) is 6.61 Å². The van der Waals surface area contributed by atoms with E-state index in [0.717, 1.165) is 12.8 Å². The van der Waals surface area contributed by atoms with Crippen LogP contribution in [0.4, 0.5) is 0 Å². The largest absolute Gasteiger partial charge is 3.00 e. The molecular weight excluding hydrogens is 338 g/mol. The maximum Gasteiger partial charge on any atom is 3.00 e. The van der Waals surface area contributed by atoms with Crippen LogP contribution in [0, 0.1) is 0 Å². The molecule has 0 atom stereocenters. The zero-order chi connectivity index (χ0) is 17.2. The minimum Gasteiger partial charge on any atom is -0.790 e. The summed E-state index contributed by atoms with van der Waals surface area (Å²) in [6, 6.07) is 0. The Kier molecular flexibility index (Phi) is 22.3. The van der Waals surface area contributed by atoms with Gasteiger partial charge in [-0.25, -0.2) is 0 Å². The van der Waals surface area contributed by atoms with Crippen LogP contribution in [0.2, 0.25) is 0 Å². The predicted octanol–water partition coefficient (Wildman–Crippen LogP) is 4.71. The van der Waals surface area contributed by atoms with Crippen LogP contribution in [0.25, 0.3) is 0 Å². The monoisotopic (exact) mass is 375 g/mol. The molecule has 24 heavy (non-hydrogen) atoms. The van der Waals surface area contributed by atoms with E-state index in [1.54, 1.807) is 0 Å². The normalized spacial score (nSPS) is 11.5. The van der Waals surface area contributed by atoms with Crippen LogP contribution in [0.3, 0.4) is 0 Å². The first kappa shape index (κ1) is 26.9. The Morgan fingerprint density at radius 1 is 0.625 bits per heavy atom. The van der Waals surface area contributed by atoms with Gasteiger partial charge < -0.3 is 18.9 Å². The first-order chi connectivity index (χ1) is 11.1. The van der Waals surface area contributed by atoms with Gasteiger partial charge in [0.1, 0.15) is 0 Å². The maximum absolute atomic E-state index is 10.2. The molecule has 0 aromatic rings. The first-order valence-corrected chi connectivity index (χ1v) is 11.2. The molecule has 0 aromatic carbocycles. The van der Waals surface area contributed by atoms with E-state index in [2.05, 4.69) is 11.4 Å². The molecule has 0 heterocycles. The number of hydrogen-bond acceptors (Lipinski definition) is 4. The Bertz CT molecular complexity index is 284. The molecule has 4 nitrogen and oxygen atoms in total. The second-order valence-electron chi connectivity index (χ2n) is 6.58. The molecule has 0 saturated carbocycles. The van der Waals surface area contributed by atoms with Gasteiger partial charge in [-0.2, -0.15) is 0 Å². The van der Waals surface area contributed by atoms with Gasteiger partial charge >= 0.3 is 17.4 Å². The van der Waals surface area contributed by atoms with Crippen LogP contribution in [-0.2, 0) is 9.09 Å². The molecular formula is C18H37AlO4P+. The molecule has 0 amide bonds. The zero-order valence-electron chi connectivity index (χ0n) is 15.7. The third-order valence-corrected chi connectivity index (χ3v) is 4.75. The molecule has 0 aromatic heterocycles. The third-order valence-electron chi connectivity index (χ3n) is 4.25. The van der Waals surface area contributed by atoms with Crippen LogP contribution in [-0.4, -0.2) is 24.0 Å². The molecule has 0 aliphatic heterocycles. The summed E-state index contributed by atoms with van der Waals surface area (Å²) < 4.78 is 14.4. The van der Waals surface area contributed by atoms with Gasteiger partial charge in [0, 0.05) is 0 Å². The van der Waals surface area contributed by atoms with Crippen molar-refractivity contribution >= 4 is 25.2 Å². The molecule has 140 valence electrons. The van der Waals surface area contributed by atoms with Crippen LogP contribution >= 0.6 is 7.82 Å². The molecule has 0 saturated heterocycles. The standard InChI is InChI=1S/C18H39O4P.Al/c1-2-3-4-5-6-7-8-9-10-11-12-13-14-15-16-17-18-22-23(19,20)21;/h2-18H2,1H3,(H2,19,20,21);/q;+3/p-2. The summed E-state index contributed by atoms with van der Waals surface area (Å²) in [6.45, 7) is 2.30. The van der Waals surface area contributed by atoms with Crippen molar-refractivity contribution in [3.05, 3.63) is 0 Å². The maximum atomic E-state index is 10.2. The average Bonchev–Trinajstić information content (AvgIpc) is 2.49. The Labute approximate surface area is 160 Å². The molecule has 6 heteroatoms. The van der Waals surface area contributed by atoms with E-state index in [1.807, 2.05) is 0 Å². The van der Waals surface area contributed by atoms with Crippen LogP contribution in [0.5, 0.6) is 0 Å². The average molecular weight is 375 g/mol. The first-order valence-electron chi connectivity index (χ1n) is 9.73. The molecule has 0 N–H and O–H groups in total. The molecule has 0 rings (SSSR count). The van der Waals surface area contributed by atoms with Gasteiger partial charge in [-0.15, -0.1) is 0 Å². The zero-order valence-corrected chi connectivity index (χ0v) is 17.7. The van der Waals surface area contributed by atoms with Crippen molar-refractivity contribution in [1.29, 1.82) is 0 Å². The molecule has 0 bridgehead atoms. The smallest absolute Gasteiger partial charge is 0.790 e. The van der Waals surface area contributed by atoms with Gasteiger partial charge in [0.25, 0.3) is 0 Å². The third kappa shape index (κ3) is 24.9. The van der Waals surface area contributed by atoms with E-state index < -0.39 is 7.82 Å². The Balaban J connectivity index is 0. The predicted molar refractivity (Wildman–Crippen MR) is 98.9 cm³/mol. The van der Waals surface area contributed by atoms with E-state index in [1.165, 1.54) is 83.5 Å². The number of phosphoric acid groups is 1. The Morgan fingerprint density at radius 3 is 1.21 bits per heavy atom. The van der Waals surface area contributed by atoms with Crippen LogP contribution in [0.15, 0.2) is 0 Å². The summed E-state index contributed by atoms with van der Waals surface area (Å²) in [5.41, 5.74) is 0. The fourth-order valence-corrected chi connectivity index (χ4v) is 3.18. The summed E-state index contributed by atoms with van der Waals surface area (Å²) in [4.78, 5) is 20.5.